The average molecular weight is 172 g/mol. The summed E-state index contributed by atoms with van der Waals surface area (Å²) in [5.74, 6) is 0.0344. The summed E-state index contributed by atoms with van der Waals surface area (Å²) in [4.78, 5) is 0. The van der Waals surface area contributed by atoms with Crippen molar-refractivity contribution in [1.82, 2.24) is 0 Å². The van der Waals surface area contributed by atoms with Gasteiger partial charge in [-0.05, 0) is 18.2 Å². The van der Waals surface area contributed by atoms with E-state index in [1.807, 2.05) is 0 Å². The van der Waals surface area contributed by atoms with E-state index in [9.17, 15) is 0 Å². The molecule has 0 saturated heterocycles. The molecule has 0 aliphatic heterocycles. The smallest absolute Gasteiger partial charge is 0.124 e. The molecule has 0 saturated carbocycles. The summed E-state index contributed by atoms with van der Waals surface area (Å²) in [5, 5.41) is 20.5. The van der Waals surface area contributed by atoms with Gasteiger partial charge in [0.2, 0.25) is 0 Å². The molecule has 58 valence electrons. The second kappa shape index (κ2) is 3.25. The Balaban J connectivity index is 3.12. The minimum atomic E-state index is 0.0344. The number of phenolic OH excluding ortho intramolecular Hbond substituents is 1. The zero-order chi connectivity index (χ0) is 8.27. The molecule has 0 amide bonds. The number of rotatable bonds is 1. The second-order valence-corrected chi connectivity index (χ2v) is 2.38. The first-order chi connectivity index (χ1) is 5.24. The molecular weight excluding hydrogens is 166 g/mol. The molecule has 3 nitrogen and oxygen atoms in total. The van der Waals surface area contributed by atoms with Crippen molar-refractivity contribution in [2.24, 2.45) is 5.16 Å². The summed E-state index contributed by atoms with van der Waals surface area (Å²) in [7, 11) is 0. The Kier molecular flexibility index (Phi) is 2.33. The van der Waals surface area contributed by atoms with E-state index in [-0.39, 0.29) is 5.75 Å². The monoisotopic (exact) mass is 171 g/mol. The summed E-state index contributed by atoms with van der Waals surface area (Å²) in [6, 6.07) is 4.47. The minimum Gasteiger partial charge on any atom is -0.507 e. The first-order valence-corrected chi connectivity index (χ1v) is 3.28. The zero-order valence-corrected chi connectivity index (χ0v) is 6.28. The number of benzene rings is 1. The van der Waals surface area contributed by atoms with Gasteiger partial charge in [-0.25, -0.2) is 0 Å². The molecule has 4 heteroatoms. The van der Waals surface area contributed by atoms with Crippen LogP contribution in [0.25, 0.3) is 0 Å². The van der Waals surface area contributed by atoms with Crippen molar-refractivity contribution in [3.63, 3.8) is 0 Å². The molecule has 0 aliphatic carbocycles. The third kappa shape index (κ3) is 1.85. The Morgan fingerprint density at radius 3 is 2.82 bits per heavy atom. The maximum atomic E-state index is 9.11. The molecule has 0 unspecified atom stereocenters. The quantitative estimate of drug-likeness (QED) is 0.385. The topological polar surface area (TPSA) is 52.8 Å². The van der Waals surface area contributed by atoms with Crippen LogP contribution in [0.1, 0.15) is 5.56 Å². The Labute approximate surface area is 68.5 Å². The van der Waals surface area contributed by atoms with Crippen LogP contribution in [0.15, 0.2) is 23.4 Å². The van der Waals surface area contributed by atoms with E-state index in [0.717, 1.165) is 6.21 Å². The van der Waals surface area contributed by atoms with Gasteiger partial charge >= 0.3 is 0 Å². The molecule has 0 aliphatic rings. The summed E-state index contributed by atoms with van der Waals surface area (Å²) < 4.78 is 0. The van der Waals surface area contributed by atoms with Gasteiger partial charge in [-0.1, -0.05) is 16.8 Å². The normalized spacial score (nSPS) is 10.6. The third-order valence-electron chi connectivity index (χ3n) is 1.19. The molecule has 1 aromatic carbocycles. The molecule has 11 heavy (non-hydrogen) atoms. The van der Waals surface area contributed by atoms with E-state index in [0.29, 0.717) is 10.6 Å². The van der Waals surface area contributed by atoms with Crippen molar-refractivity contribution >= 4 is 17.8 Å². The lowest BCUT2D eigenvalue weighted by Gasteiger charge is -1.96. The lowest BCUT2D eigenvalue weighted by molar-refractivity contribution is 0.321. The van der Waals surface area contributed by atoms with E-state index in [1.54, 1.807) is 6.07 Å². The minimum absolute atomic E-state index is 0.0344. The fourth-order valence-corrected chi connectivity index (χ4v) is 0.872. The molecule has 0 aromatic heterocycles. The number of nitrogens with zero attached hydrogens (tertiary/aromatic N) is 1. The zero-order valence-electron chi connectivity index (χ0n) is 5.53. The van der Waals surface area contributed by atoms with Gasteiger partial charge in [-0.3, -0.25) is 0 Å². The molecule has 2 N–H and O–H groups in total. The summed E-state index contributed by atoms with van der Waals surface area (Å²) in [5.41, 5.74) is 0.389. The van der Waals surface area contributed by atoms with Gasteiger partial charge in [0.25, 0.3) is 0 Å². The first kappa shape index (κ1) is 7.88. The highest BCUT2D eigenvalue weighted by Crippen LogP contribution is 2.19. The summed E-state index contributed by atoms with van der Waals surface area (Å²) >= 11 is 5.60. The standard InChI is InChI=1S/C7H6ClNO2/c8-6-1-2-7(10)5(3-6)4-9-11/h1-4,10-11H/b9-4+. The predicted octanol–water partition coefficient (Wildman–Crippen LogP) is 1.85. The Bertz CT molecular complexity index is 286. The van der Waals surface area contributed by atoms with Crippen molar-refractivity contribution in [3.8, 4) is 5.75 Å². The molecule has 0 radical (unpaired) electrons. The number of halogens is 1. The molecule has 1 aromatic rings. The van der Waals surface area contributed by atoms with Gasteiger partial charge < -0.3 is 10.3 Å². The summed E-state index contributed by atoms with van der Waals surface area (Å²) in [6.07, 6.45) is 1.11. The van der Waals surface area contributed by atoms with E-state index >= 15 is 0 Å². The lowest BCUT2D eigenvalue weighted by Crippen LogP contribution is -1.81. The van der Waals surface area contributed by atoms with Crippen molar-refractivity contribution < 1.29 is 10.3 Å². The van der Waals surface area contributed by atoms with Crippen molar-refractivity contribution in [2.75, 3.05) is 0 Å². The molecular formula is C7H6ClNO2. The van der Waals surface area contributed by atoms with Crippen molar-refractivity contribution in [2.45, 2.75) is 0 Å². The van der Waals surface area contributed by atoms with E-state index in [1.165, 1.54) is 12.1 Å². The number of oxime groups is 1. The van der Waals surface area contributed by atoms with Gasteiger partial charge in [-0.15, -0.1) is 0 Å². The van der Waals surface area contributed by atoms with Gasteiger partial charge in [0.05, 0.1) is 6.21 Å². The number of aromatic hydroxyl groups is 1. The van der Waals surface area contributed by atoms with E-state index < -0.39 is 0 Å². The van der Waals surface area contributed by atoms with Gasteiger partial charge in [0.1, 0.15) is 5.75 Å². The molecule has 0 bridgehead atoms. The molecule has 0 spiro atoms. The SMILES string of the molecule is O/N=C/c1cc(Cl)ccc1O. The Morgan fingerprint density at radius 2 is 2.18 bits per heavy atom. The molecule has 1 rings (SSSR count). The van der Waals surface area contributed by atoms with Crippen LogP contribution in [-0.2, 0) is 0 Å². The van der Waals surface area contributed by atoms with Crippen molar-refractivity contribution in [3.05, 3.63) is 28.8 Å². The Morgan fingerprint density at radius 1 is 1.45 bits per heavy atom. The highest BCUT2D eigenvalue weighted by molar-refractivity contribution is 6.30. The van der Waals surface area contributed by atoms with Crippen LogP contribution >= 0.6 is 11.6 Å². The highest BCUT2D eigenvalue weighted by atomic mass is 35.5. The van der Waals surface area contributed by atoms with E-state index in [2.05, 4.69) is 5.16 Å². The molecule has 0 heterocycles. The largest absolute Gasteiger partial charge is 0.507 e. The average Bonchev–Trinajstić information content (AvgIpc) is 1.98. The maximum absolute atomic E-state index is 9.11. The van der Waals surface area contributed by atoms with Crippen LogP contribution < -0.4 is 0 Å². The van der Waals surface area contributed by atoms with Crippen LogP contribution in [0, 0.1) is 0 Å². The fraction of sp³-hybridized carbons (Fsp3) is 0. The van der Waals surface area contributed by atoms with Crippen LogP contribution in [-0.4, -0.2) is 16.5 Å². The van der Waals surface area contributed by atoms with Crippen LogP contribution in [0.3, 0.4) is 0 Å². The van der Waals surface area contributed by atoms with Crippen LogP contribution in [0.2, 0.25) is 5.02 Å². The molecule has 0 atom stereocenters. The number of phenols is 1. The predicted molar refractivity (Wildman–Crippen MR) is 42.5 cm³/mol. The van der Waals surface area contributed by atoms with E-state index in [4.69, 9.17) is 21.9 Å². The number of hydrogen-bond acceptors (Lipinski definition) is 3. The fourth-order valence-electron chi connectivity index (χ4n) is 0.691. The molecule has 0 fully saturated rings. The summed E-state index contributed by atoms with van der Waals surface area (Å²) in [6.45, 7) is 0. The van der Waals surface area contributed by atoms with Gasteiger partial charge in [0.15, 0.2) is 0 Å². The van der Waals surface area contributed by atoms with Crippen LogP contribution in [0.5, 0.6) is 5.75 Å². The number of hydrogen-bond donors (Lipinski definition) is 2. The Hall–Kier alpha value is -1.22. The van der Waals surface area contributed by atoms with Crippen molar-refractivity contribution in [1.29, 1.82) is 0 Å². The second-order valence-electron chi connectivity index (χ2n) is 1.95. The first-order valence-electron chi connectivity index (χ1n) is 2.90. The van der Waals surface area contributed by atoms with Gasteiger partial charge in [0, 0.05) is 10.6 Å². The van der Waals surface area contributed by atoms with Crippen LogP contribution in [0.4, 0.5) is 0 Å². The third-order valence-corrected chi connectivity index (χ3v) is 1.42. The lowest BCUT2D eigenvalue weighted by atomic mass is 10.2. The van der Waals surface area contributed by atoms with Gasteiger partial charge in [-0.2, -0.15) is 0 Å². The maximum Gasteiger partial charge on any atom is 0.124 e. The highest BCUT2D eigenvalue weighted by Gasteiger charge is 1.97.